The molecule has 1 atom stereocenters. The molecule has 110 valence electrons. The zero-order chi connectivity index (χ0) is 14.7. The fraction of sp³-hybridized carbons (Fsp3) is 0.471. The molecule has 21 heavy (non-hydrogen) atoms. The van der Waals surface area contributed by atoms with E-state index in [1.165, 1.54) is 23.2 Å². The second-order valence-electron chi connectivity index (χ2n) is 5.72. The Bertz CT molecular complexity index is 624. The summed E-state index contributed by atoms with van der Waals surface area (Å²) in [5, 5.41) is 3.27. The average molecular weight is 282 g/mol. The fourth-order valence-electron chi connectivity index (χ4n) is 3.10. The number of aromatic nitrogens is 3. The molecule has 3 rings (SSSR count). The van der Waals surface area contributed by atoms with E-state index in [0.29, 0.717) is 5.92 Å². The summed E-state index contributed by atoms with van der Waals surface area (Å²) in [6, 6.07) is 2.02. The summed E-state index contributed by atoms with van der Waals surface area (Å²) in [6.45, 7) is 3.22. The number of hydrogen-bond donors (Lipinski definition) is 1. The first-order chi connectivity index (χ1) is 10.3. The molecular formula is C17H22N4. The van der Waals surface area contributed by atoms with E-state index in [4.69, 9.17) is 4.98 Å². The van der Waals surface area contributed by atoms with Gasteiger partial charge in [0.25, 0.3) is 0 Å². The average Bonchev–Trinajstić information content (AvgIpc) is 2.54. The number of rotatable bonds is 4. The molecule has 2 aromatic heterocycles. The van der Waals surface area contributed by atoms with Gasteiger partial charge in [0.1, 0.15) is 0 Å². The molecule has 0 aliphatic heterocycles. The van der Waals surface area contributed by atoms with Gasteiger partial charge in [-0.15, -0.1) is 0 Å². The molecule has 0 spiro atoms. The third-order valence-electron chi connectivity index (χ3n) is 4.27. The molecule has 1 aliphatic carbocycles. The van der Waals surface area contributed by atoms with Gasteiger partial charge in [0.2, 0.25) is 0 Å². The van der Waals surface area contributed by atoms with E-state index in [1.54, 1.807) is 0 Å². The summed E-state index contributed by atoms with van der Waals surface area (Å²) in [5.41, 5.74) is 4.87. The Hall–Kier alpha value is -1.81. The van der Waals surface area contributed by atoms with Crippen LogP contribution < -0.4 is 5.32 Å². The van der Waals surface area contributed by atoms with Crippen LogP contribution in [0.3, 0.4) is 0 Å². The van der Waals surface area contributed by atoms with Gasteiger partial charge < -0.3 is 5.32 Å². The fourth-order valence-corrected chi connectivity index (χ4v) is 3.10. The molecule has 0 radical (unpaired) electrons. The van der Waals surface area contributed by atoms with E-state index in [9.17, 15) is 0 Å². The quantitative estimate of drug-likeness (QED) is 0.935. The molecule has 2 aromatic rings. The number of nitrogens with one attached hydrogen (secondary N) is 1. The first-order valence-electron chi connectivity index (χ1n) is 7.74. The summed E-state index contributed by atoms with van der Waals surface area (Å²) in [7, 11) is 2.02. The Labute approximate surface area is 126 Å². The monoisotopic (exact) mass is 282 g/mol. The molecule has 0 amide bonds. The van der Waals surface area contributed by atoms with Gasteiger partial charge in [-0.05, 0) is 62.4 Å². The summed E-state index contributed by atoms with van der Waals surface area (Å²) >= 11 is 0. The van der Waals surface area contributed by atoms with Crippen LogP contribution in [-0.4, -0.2) is 28.5 Å². The van der Waals surface area contributed by atoms with Gasteiger partial charge in [-0.1, -0.05) is 6.92 Å². The van der Waals surface area contributed by atoms with Crippen molar-refractivity contribution in [3.05, 3.63) is 41.5 Å². The number of hydrogen-bond acceptors (Lipinski definition) is 4. The number of pyridine rings is 1. The van der Waals surface area contributed by atoms with E-state index in [1.807, 2.05) is 31.7 Å². The third kappa shape index (κ3) is 2.95. The number of fused-ring (bicyclic) bond motifs is 1. The van der Waals surface area contributed by atoms with E-state index in [-0.39, 0.29) is 0 Å². The van der Waals surface area contributed by atoms with E-state index >= 15 is 0 Å². The van der Waals surface area contributed by atoms with Crippen LogP contribution in [0.2, 0.25) is 0 Å². The lowest BCUT2D eigenvalue weighted by Crippen LogP contribution is -2.25. The summed E-state index contributed by atoms with van der Waals surface area (Å²) in [5.74, 6) is 1.56. The molecule has 0 fully saturated rings. The van der Waals surface area contributed by atoms with Crippen molar-refractivity contribution in [2.45, 2.75) is 32.6 Å². The minimum Gasteiger partial charge on any atom is -0.319 e. The second kappa shape index (κ2) is 6.31. The minimum absolute atomic E-state index is 0.712. The van der Waals surface area contributed by atoms with Gasteiger partial charge >= 0.3 is 0 Å². The van der Waals surface area contributed by atoms with Gasteiger partial charge in [0.05, 0.1) is 0 Å². The third-order valence-corrected chi connectivity index (χ3v) is 4.27. The zero-order valence-electron chi connectivity index (χ0n) is 12.8. The number of nitrogens with zero attached hydrogens (tertiary/aromatic N) is 3. The van der Waals surface area contributed by atoms with Crippen LogP contribution in [0, 0.1) is 5.92 Å². The topological polar surface area (TPSA) is 50.7 Å². The van der Waals surface area contributed by atoms with Crippen LogP contribution in [0.4, 0.5) is 0 Å². The van der Waals surface area contributed by atoms with Crippen LogP contribution in [0.1, 0.15) is 30.2 Å². The summed E-state index contributed by atoms with van der Waals surface area (Å²) < 4.78 is 0. The van der Waals surface area contributed by atoms with Crippen LogP contribution in [0.15, 0.2) is 24.7 Å². The lowest BCUT2D eigenvalue weighted by molar-refractivity contribution is 0.434. The summed E-state index contributed by atoms with van der Waals surface area (Å²) in [6.07, 6.45) is 10.1. The molecule has 0 aromatic carbocycles. The van der Waals surface area contributed by atoms with Gasteiger partial charge in [-0.2, -0.15) is 0 Å². The maximum atomic E-state index is 4.83. The van der Waals surface area contributed by atoms with Gasteiger partial charge in [0.15, 0.2) is 5.82 Å². The lowest BCUT2D eigenvalue weighted by atomic mass is 9.87. The predicted octanol–water partition coefficient (Wildman–Crippen LogP) is 2.43. The second-order valence-corrected chi connectivity index (χ2v) is 5.72. The van der Waals surface area contributed by atoms with Crippen LogP contribution in [0.5, 0.6) is 0 Å². The molecule has 0 saturated heterocycles. The van der Waals surface area contributed by atoms with Gasteiger partial charge in [-0.3, -0.25) is 4.98 Å². The highest BCUT2D eigenvalue weighted by molar-refractivity contribution is 5.59. The van der Waals surface area contributed by atoms with Crippen molar-refractivity contribution in [3.63, 3.8) is 0 Å². The van der Waals surface area contributed by atoms with Crippen molar-refractivity contribution in [2.75, 3.05) is 13.6 Å². The molecule has 1 unspecified atom stereocenters. The van der Waals surface area contributed by atoms with Crippen molar-refractivity contribution in [1.82, 2.24) is 20.3 Å². The first kappa shape index (κ1) is 14.1. The molecule has 1 N–H and O–H groups in total. The van der Waals surface area contributed by atoms with E-state index in [2.05, 4.69) is 22.2 Å². The maximum Gasteiger partial charge on any atom is 0.159 e. The van der Waals surface area contributed by atoms with E-state index in [0.717, 1.165) is 37.2 Å². The Morgan fingerprint density at radius 2 is 2.24 bits per heavy atom. The predicted molar refractivity (Wildman–Crippen MR) is 84.1 cm³/mol. The van der Waals surface area contributed by atoms with Crippen LogP contribution >= 0.6 is 0 Å². The Kier molecular flexibility index (Phi) is 4.25. The molecule has 1 aliphatic rings. The Morgan fingerprint density at radius 1 is 1.33 bits per heavy atom. The molecule has 0 saturated carbocycles. The van der Waals surface area contributed by atoms with E-state index < -0.39 is 0 Å². The maximum absolute atomic E-state index is 4.83. The van der Waals surface area contributed by atoms with Gasteiger partial charge in [0, 0.05) is 29.8 Å². The van der Waals surface area contributed by atoms with Gasteiger partial charge in [-0.25, -0.2) is 9.97 Å². The van der Waals surface area contributed by atoms with Crippen molar-refractivity contribution in [3.8, 4) is 11.4 Å². The van der Waals surface area contributed by atoms with Crippen LogP contribution in [0.25, 0.3) is 11.4 Å². The van der Waals surface area contributed by atoms with Crippen molar-refractivity contribution < 1.29 is 0 Å². The van der Waals surface area contributed by atoms with Crippen molar-refractivity contribution in [2.24, 2.45) is 5.92 Å². The molecule has 4 heteroatoms. The summed E-state index contributed by atoms with van der Waals surface area (Å²) in [4.78, 5) is 13.6. The largest absolute Gasteiger partial charge is 0.319 e. The molecular weight excluding hydrogens is 260 g/mol. The highest BCUT2D eigenvalue weighted by Gasteiger charge is 2.20. The van der Waals surface area contributed by atoms with Crippen molar-refractivity contribution >= 4 is 0 Å². The Morgan fingerprint density at radius 3 is 3.05 bits per heavy atom. The number of aryl methyl sites for hydroxylation is 2. The van der Waals surface area contributed by atoms with Crippen molar-refractivity contribution in [1.29, 1.82) is 0 Å². The lowest BCUT2D eigenvalue weighted by Gasteiger charge is -2.23. The molecule has 0 bridgehead atoms. The SMILES string of the molecule is CCc1cnccc1-c1ncc2c(n1)CCC(CNC)C2. The highest BCUT2D eigenvalue weighted by Crippen LogP contribution is 2.26. The first-order valence-corrected chi connectivity index (χ1v) is 7.74. The van der Waals surface area contributed by atoms with Crippen LogP contribution in [-0.2, 0) is 19.3 Å². The standard InChI is InChI=1S/C17H22N4/c1-3-13-10-19-7-6-15(13)17-20-11-14-8-12(9-18-2)4-5-16(14)21-17/h6-7,10-12,18H,3-5,8-9H2,1-2H3. The molecule has 2 heterocycles. The zero-order valence-corrected chi connectivity index (χ0v) is 12.8. The highest BCUT2D eigenvalue weighted by atomic mass is 14.9. The Balaban J connectivity index is 1.90. The normalized spacial score (nSPS) is 17.5. The smallest absolute Gasteiger partial charge is 0.159 e. The minimum atomic E-state index is 0.712. The molecule has 4 nitrogen and oxygen atoms in total.